The third kappa shape index (κ3) is 22.4. The molecule has 0 nitrogen and oxygen atoms in total. The highest BCUT2D eigenvalue weighted by Gasteiger charge is 2.13. The van der Waals surface area contributed by atoms with Gasteiger partial charge in [0.25, 0.3) is 0 Å². The van der Waals surface area contributed by atoms with E-state index in [-0.39, 0.29) is 0 Å². The van der Waals surface area contributed by atoms with Crippen LogP contribution in [0.4, 0.5) is 0 Å². The van der Waals surface area contributed by atoms with Gasteiger partial charge in [0.2, 0.25) is 0 Å². The van der Waals surface area contributed by atoms with Crippen molar-refractivity contribution in [3.63, 3.8) is 0 Å². The molecule has 0 aliphatic carbocycles. The Balaban J connectivity index is 0. The second-order valence-corrected chi connectivity index (χ2v) is 7.62. The highest BCUT2D eigenvalue weighted by atomic mass is 31.0. The van der Waals surface area contributed by atoms with E-state index in [1.54, 1.807) is 0 Å². The molecular weight excluding hydrogens is 163 g/mol. The van der Waals surface area contributed by atoms with Crippen molar-refractivity contribution in [2.75, 3.05) is 0 Å². The van der Waals surface area contributed by atoms with E-state index in [0.29, 0.717) is 10.6 Å². The summed E-state index contributed by atoms with van der Waals surface area (Å²) in [4.78, 5) is 0. The molecule has 0 aromatic carbocycles. The molecular formula is C11H27P. The Morgan fingerprint density at radius 1 is 0.833 bits per heavy atom. The van der Waals surface area contributed by atoms with Crippen LogP contribution in [0.15, 0.2) is 0 Å². The Kier molecular flexibility index (Phi) is 6.50. The topological polar surface area (TPSA) is 0 Å². The van der Waals surface area contributed by atoms with Gasteiger partial charge in [-0.15, -0.1) is 9.24 Å². The first-order valence-electron chi connectivity index (χ1n) is 4.73. The Morgan fingerprint density at radius 2 is 0.917 bits per heavy atom. The molecule has 0 amide bonds. The van der Waals surface area contributed by atoms with Gasteiger partial charge in [-0.1, -0.05) is 55.4 Å². The van der Waals surface area contributed by atoms with Gasteiger partial charge in [-0.2, -0.15) is 0 Å². The lowest BCUT2D eigenvalue weighted by Crippen LogP contribution is -2.12. The smallest absolute Gasteiger partial charge is 0.0235 e. The van der Waals surface area contributed by atoms with Gasteiger partial charge in [0.15, 0.2) is 0 Å². The third-order valence-electron chi connectivity index (χ3n) is 1.73. The maximum atomic E-state index is 2.72. The maximum Gasteiger partial charge on any atom is -0.0235 e. The molecule has 1 atom stereocenters. The molecule has 0 spiro atoms. The summed E-state index contributed by atoms with van der Waals surface area (Å²) in [6, 6.07) is 0. The molecule has 76 valence electrons. The van der Waals surface area contributed by atoms with Crippen LogP contribution in [0.25, 0.3) is 0 Å². The second-order valence-electron chi connectivity index (χ2n) is 5.89. The quantitative estimate of drug-likeness (QED) is 0.498. The first-order valence-corrected chi connectivity index (χ1v) is 5.31. The zero-order valence-corrected chi connectivity index (χ0v) is 11.3. The molecule has 0 saturated heterocycles. The highest BCUT2D eigenvalue weighted by Crippen LogP contribution is 2.23. The molecule has 0 heterocycles. The molecule has 12 heavy (non-hydrogen) atoms. The van der Waals surface area contributed by atoms with E-state index in [4.69, 9.17) is 0 Å². The summed E-state index contributed by atoms with van der Waals surface area (Å²) >= 11 is 0. The summed E-state index contributed by atoms with van der Waals surface area (Å²) < 4.78 is 0. The molecule has 0 bridgehead atoms. The molecule has 1 unspecified atom stereocenters. The Hall–Kier alpha value is 0.430. The van der Waals surface area contributed by atoms with Gasteiger partial charge in [-0.25, -0.2) is 0 Å². The molecule has 0 aromatic rings. The average Bonchev–Trinajstić information content (AvgIpc) is 1.55. The summed E-state index contributed by atoms with van der Waals surface area (Å²) in [5.74, 6) is 0.799. The van der Waals surface area contributed by atoms with Gasteiger partial charge in [0.1, 0.15) is 0 Å². The molecule has 0 aliphatic heterocycles. The summed E-state index contributed by atoms with van der Waals surface area (Å²) in [7, 11) is 2.72. The van der Waals surface area contributed by atoms with Crippen LogP contribution in [0, 0.1) is 11.3 Å². The second kappa shape index (κ2) is 5.22. The van der Waals surface area contributed by atoms with E-state index >= 15 is 0 Å². The van der Waals surface area contributed by atoms with Crippen molar-refractivity contribution in [2.24, 2.45) is 11.3 Å². The maximum absolute atomic E-state index is 2.72. The van der Waals surface area contributed by atoms with Crippen molar-refractivity contribution >= 4 is 9.24 Å². The Morgan fingerprint density at radius 3 is 0.917 bits per heavy atom. The molecule has 0 fully saturated rings. The van der Waals surface area contributed by atoms with Crippen LogP contribution >= 0.6 is 9.24 Å². The van der Waals surface area contributed by atoms with E-state index in [1.807, 2.05) is 0 Å². The summed E-state index contributed by atoms with van der Waals surface area (Å²) in [6.07, 6.45) is 0. The molecule has 0 aliphatic rings. The zero-order chi connectivity index (χ0) is 10.6. The Labute approximate surface area is 81.7 Å². The van der Waals surface area contributed by atoms with Crippen LogP contribution in [0.3, 0.4) is 0 Å². The normalized spacial score (nSPS) is 12.5. The van der Waals surface area contributed by atoms with E-state index in [2.05, 4.69) is 64.6 Å². The van der Waals surface area contributed by atoms with Gasteiger partial charge in [0, 0.05) is 0 Å². The van der Waals surface area contributed by atoms with Crippen molar-refractivity contribution in [1.82, 2.24) is 0 Å². The van der Waals surface area contributed by atoms with Crippen LogP contribution in [0.1, 0.15) is 55.4 Å². The summed E-state index contributed by atoms with van der Waals surface area (Å²) in [6.45, 7) is 17.7. The van der Waals surface area contributed by atoms with Crippen LogP contribution in [0.2, 0.25) is 0 Å². The van der Waals surface area contributed by atoms with Gasteiger partial charge in [-0.3, -0.25) is 0 Å². The van der Waals surface area contributed by atoms with E-state index in [1.165, 1.54) is 0 Å². The highest BCUT2D eigenvalue weighted by molar-refractivity contribution is 7.18. The van der Waals surface area contributed by atoms with Gasteiger partial charge >= 0.3 is 0 Å². The van der Waals surface area contributed by atoms with Gasteiger partial charge in [0.05, 0.1) is 0 Å². The molecule has 0 radical (unpaired) electrons. The molecule has 0 rings (SSSR count). The van der Waals surface area contributed by atoms with E-state index < -0.39 is 0 Å². The van der Waals surface area contributed by atoms with Gasteiger partial charge in [-0.05, 0) is 16.5 Å². The first kappa shape index (κ1) is 14.9. The Bertz CT molecular complexity index is 95.2. The summed E-state index contributed by atoms with van der Waals surface area (Å²) in [5.41, 5.74) is 0.500. The minimum Gasteiger partial charge on any atom is -0.132 e. The number of hydrogen-bond acceptors (Lipinski definition) is 0. The average molecular weight is 190 g/mol. The van der Waals surface area contributed by atoms with Gasteiger partial charge < -0.3 is 0 Å². The van der Waals surface area contributed by atoms with Crippen LogP contribution in [-0.2, 0) is 0 Å². The monoisotopic (exact) mass is 190 g/mol. The fourth-order valence-electron chi connectivity index (χ4n) is 0. The minimum absolute atomic E-state index is 0.417. The molecule has 0 aromatic heterocycles. The van der Waals surface area contributed by atoms with E-state index in [9.17, 15) is 0 Å². The van der Waals surface area contributed by atoms with Crippen molar-refractivity contribution in [2.45, 2.75) is 60.5 Å². The van der Waals surface area contributed by atoms with Crippen LogP contribution in [-0.4, -0.2) is 5.16 Å². The lowest BCUT2D eigenvalue weighted by Gasteiger charge is -2.22. The van der Waals surface area contributed by atoms with Crippen molar-refractivity contribution in [1.29, 1.82) is 0 Å². The largest absolute Gasteiger partial charge is 0.132 e. The molecule has 1 heteroatoms. The number of hydrogen-bond donors (Lipinski definition) is 0. The predicted molar refractivity (Wildman–Crippen MR) is 63.8 cm³/mol. The van der Waals surface area contributed by atoms with Crippen molar-refractivity contribution in [3.05, 3.63) is 0 Å². The SMILES string of the molecule is CC(C)(C)P.CC(C)C(C)(C)C. The van der Waals surface area contributed by atoms with E-state index in [0.717, 1.165) is 5.92 Å². The van der Waals surface area contributed by atoms with Crippen LogP contribution in [0.5, 0.6) is 0 Å². The first-order chi connectivity index (χ1) is 4.94. The zero-order valence-electron chi connectivity index (χ0n) is 10.2. The third-order valence-corrected chi connectivity index (χ3v) is 1.73. The molecule has 0 saturated carbocycles. The molecule has 0 N–H and O–H groups in total. The fraction of sp³-hybridized carbons (Fsp3) is 1.00. The van der Waals surface area contributed by atoms with Crippen molar-refractivity contribution in [3.8, 4) is 0 Å². The lowest BCUT2D eigenvalue weighted by molar-refractivity contribution is 0.283. The fourth-order valence-corrected chi connectivity index (χ4v) is 0. The number of rotatable bonds is 0. The predicted octanol–water partition coefficient (Wildman–Crippen LogP) is 4.35. The van der Waals surface area contributed by atoms with Crippen molar-refractivity contribution < 1.29 is 0 Å². The standard InChI is InChI=1S/C7H16.C4H11P/c1-6(2)7(3,4)5;1-4(2,3)5/h6H,1-5H3;5H2,1-3H3. The lowest BCUT2D eigenvalue weighted by atomic mass is 9.84. The van der Waals surface area contributed by atoms with Crippen LogP contribution < -0.4 is 0 Å². The minimum atomic E-state index is 0.417. The summed E-state index contributed by atoms with van der Waals surface area (Å²) in [5, 5.41) is 0.417.